The standard InChI is InChI=1S/C16H26N2O/c1-12(17-3)14-4-6-16(7-5-14)18-10-8-15(9-11-18)13(2)19/h4-7,12-13,15,17,19H,8-11H2,1-3H3. The molecule has 1 aliphatic heterocycles. The van der Waals surface area contributed by atoms with Crippen molar-refractivity contribution in [1.82, 2.24) is 5.32 Å². The van der Waals surface area contributed by atoms with Crippen molar-refractivity contribution in [2.24, 2.45) is 5.92 Å². The van der Waals surface area contributed by atoms with Gasteiger partial charge in [0.25, 0.3) is 0 Å². The lowest BCUT2D eigenvalue weighted by Crippen LogP contribution is -2.37. The van der Waals surface area contributed by atoms with Crippen molar-refractivity contribution >= 4 is 5.69 Å². The molecule has 0 radical (unpaired) electrons. The SMILES string of the molecule is CNC(C)c1ccc(N2CCC(C(C)O)CC2)cc1. The van der Waals surface area contributed by atoms with Crippen LogP contribution in [0, 0.1) is 5.92 Å². The summed E-state index contributed by atoms with van der Waals surface area (Å²) in [5.74, 6) is 0.472. The van der Waals surface area contributed by atoms with Crippen molar-refractivity contribution in [3.63, 3.8) is 0 Å². The third-order valence-corrected chi connectivity index (χ3v) is 4.41. The number of aliphatic hydroxyl groups excluding tert-OH is 1. The van der Waals surface area contributed by atoms with Gasteiger partial charge in [0, 0.05) is 24.8 Å². The van der Waals surface area contributed by atoms with E-state index in [0.29, 0.717) is 12.0 Å². The van der Waals surface area contributed by atoms with Gasteiger partial charge < -0.3 is 15.3 Å². The van der Waals surface area contributed by atoms with E-state index in [-0.39, 0.29) is 6.10 Å². The number of hydrogen-bond acceptors (Lipinski definition) is 3. The molecule has 3 nitrogen and oxygen atoms in total. The molecule has 2 N–H and O–H groups in total. The average Bonchev–Trinajstić information content (AvgIpc) is 2.46. The highest BCUT2D eigenvalue weighted by Gasteiger charge is 2.22. The van der Waals surface area contributed by atoms with Crippen LogP contribution in [-0.2, 0) is 0 Å². The van der Waals surface area contributed by atoms with Gasteiger partial charge in [-0.25, -0.2) is 0 Å². The van der Waals surface area contributed by atoms with Crippen molar-refractivity contribution in [2.45, 2.75) is 38.8 Å². The van der Waals surface area contributed by atoms with Gasteiger partial charge in [0.2, 0.25) is 0 Å². The maximum atomic E-state index is 9.63. The van der Waals surface area contributed by atoms with Gasteiger partial charge in [-0.1, -0.05) is 12.1 Å². The summed E-state index contributed by atoms with van der Waals surface area (Å²) < 4.78 is 0. The summed E-state index contributed by atoms with van der Waals surface area (Å²) in [5, 5.41) is 12.9. The molecular formula is C16H26N2O. The van der Waals surface area contributed by atoms with Gasteiger partial charge in [0.05, 0.1) is 6.10 Å². The molecule has 19 heavy (non-hydrogen) atoms. The second kappa shape index (κ2) is 6.40. The quantitative estimate of drug-likeness (QED) is 0.875. The van der Waals surface area contributed by atoms with Gasteiger partial charge in [-0.15, -0.1) is 0 Å². The molecule has 0 amide bonds. The number of nitrogens with zero attached hydrogens (tertiary/aromatic N) is 1. The van der Waals surface area contributed by atoms with Gasteiger partial charge in [-0.05, 0) is 57.4 Å². The van der Waals surface area contributed by atoms with E-state index in [1.54, 1.807) is 0 Å². The molecule has 1 aromatic carbocycles. The predicted molar refractivity (Wildman–Crippen MR) is 80.5 cm³/mol. The molecule has 106 valence electrons. The first-order valence-electron chi connectivity index (χ1n) is 7.32. The average molecular weight is 262 g/mol. The van der Waals surface area contributed by atoms with Crippen molar-refractivity contribution in [3.8, 4) is 0 Å². The Kier molecular flexibility index (Phi) is 4.83. The Labute approximate surface area is 116 Å². The highest BCUT2D eigenvalue weighted by Crippen LogP contribution is 2.26. The van der Waals surface area contributed by atoms with Crippen molar-refractivity contribution in [1.29, 1.82) is 0 Å². The minimum absolute atomic E-state index is 0.166. The summed E-state index contributed by atoms with van der Waals surface area (Å²) >= 11 is 0. The normalized spacial score (nSPS) is 20.3. The zero-order chi connectivity index (χ0) is 13.8. The van der Waals surface area contributed by atoms with E-state index in [0.717, 1.165) is 25.9 Å². The van der Waals surface area contributed by atoms with Crippen molar-refractivity contribution in [2.75, 3.05) is 25.0 Å². The third-order valence-electron chi connectivity index (χ3n) is 4.41. The van der Waals surface area contributed by atoms with Crippen LogP contribution in [0.25, 0.3) is 0 Å². The molecule has 0 aliphatic carbocycles. The molecule has 0 bridgehead atoms. The highest BCUT2D eigenvalue weighted by atomic mass is 16.3. The van der Waals surface area contributed by atoms with E-state index in [1.165, 1.54) is 11.3 Å². The Hall–Kier alpha value is -1.06. The van der Waals surface area contributed by atoms with E-state index < -0.39 is 0 Å². The largest absolute Gasteiger partial charge is 0.393 e. The summed E-state index contributed by atoms with van der Waals surface area (Å²) in [6, 6.07) is 9.24. The van der Waals surface area contributed by atoms with Crippen LogP contribution in [-0.4, -0.2) is 31.3 Å². The summed E-state index contributed by atoms with van der Waals surface area (Å²) in [5.41, 5.74) is 2.63. The topological polar surface area (TPSA) is 35.5 Å². The zero-order valence-electron chi connectivity index (χ0n) is 12.3. The third kappa shape index (κ3) is 3.48. The molecule has 0 spiro atoms. The molecule has 2 rings (SSSR count). The number of hydrogen-bond donors (Lipinski definition) is 2. The first-order valence-corrected chi connectivity index (χ1v) is 7.32. The Bertz CT molecular complexity index is 380. The van der Waals surface area contributed by atoms with E-state index >= 15 is 0 Å². The van der Waals surface area contributed by atoms with Gasteiger partial charge in [0.15, 0.2) is 0 Å². The van der Waals surface area contributed by atoms with Gasteiger partial charge in [-0.3, -0.25) is 0 Å². The second-order valence-electron chi connectivity index (χ2n) is 5.67. The Morgan fingerprint density at radius 2 is 1.74 bits per heavy atom. The first kappa shape index (κ1) is 14.4. The minimum atomic E-state index is -0.166. The smallest absolute Gasteiger partial charge is 0.0541 e. The Balaban J connectivity index is 1.96. The molecule has 2 unspecified atom stereocenters. The van der Waals surface area contributed by atoms with E-state index in [9.17, 15) is 5.11 Å². The fraction of sp³-hybridized carbons (Fsp3) is 0.625. The van der Waals surface area contributed by atoms with Crippen LogP contribution in [0.2, 0.25) is 0 Å². The fourth-order valence-corrected chi connectivity index (χ4v) is 2.78. The second-order valence-corrected chi connectivity index (χ2v) is 5.67. The Morgan fingerprint density at radius 3 is 2.21 bits per heavy atom. The molecular weight excluding hydrogens is 236 g/mol. The number of piperidine rings is 1. The number of aliphatic hydroxyl groups is 1. The minimum Gasteiger partial charge on any atom is -0.393 e. The van der Waals surface area contributed by atoms with E-state index in [1.807, 2.05) is 14.0 Å². The lowest BCUT2D eigenvalue weighted by molar-refractivity contribution is 0.110. The molecule has 0 aromatic heterocycles. The predicted octanol–water partition coefficient (Wildman–Crippen LogP) is 2.56. The van der Waals surface area contributed by atoms with Crippen LogP contribution < -0.4 is 10.2 Å². The number of anilines is 1. The molecule has 1 saturated heterocycles. The monoisotopic (exact) mass is 262 g/mol. The molecule has 0 saturated carbocycles. The van der Waals surface area contributed by atoms with Gasteiger partial charge >= 0.3 is 0 Å². The summed E-state index contributed by atoms with van der Waals surface area (Å²) in [6.45, 7) is 6.18. The van der Waals surface area contributed by atoms with Crippen LogP contribution in [0.3, 0.4) is 0 Å². The van der Waals surface area contributed by atoms with Crippen LogP contribution in [0.4, 0.5) is 5.69 Å². The summed E-state index contributed by atoms with van der Waals surface area (Å²) in [7, 11) is 1.99. The lowest BCUT2D eigenvalue weighted by Gasteiger charge is -2.35. The lowest BCUT2D eigenvalue weighted by atomic mass is 9.92. The van der Waals surface area contributed by atoms with Crippen molar-refractivity contribution in [3.05, 3.63) is 29.8 Å². The number of rotatable bonds is 4. The summed E-state index contributed by atoms with van der Waals surface area (Å²) in [6.07, 6.45) is 2.01. The van der Waals surface area contributed by atoms with Crippen LogP contribution in [0.5, 0.6) is 0 Å². The first-order chi connectivity index (χ1) is 9.11. The molecule has 1 heterocycles. The molecule has 3 heteroatoms. The molecule has 1 aromatic rings. The summed E-state index contributed by atoms with van der Waals surface area (Å²) in [4.78, 5) is 2.42. The van der Waals surface area contributed by atoms with Crippen LogP contribution >= 0.6 is 0 Å². The van der Waals surface area contributed by atoms with Crippen LogP contribution in [0.1, 0.15) is 38.3 Å². The maximum absolute atomic E-state index is 9.63. The zero-order valence-corrected chi connectivity index (χ0v) is 12.3. The number of nitrogens with one attached hydrogen (secondary N) is 1. The maximum Gasteiger partial charge on any atom is 0.0541 e. The van der Waals surface area contributed by atoms with Gasteiger partial charge in [0.1, 0.15) is 0 Å². The van der Waals surface area contributed by atoms with Crippen LogP contribution in [0.15, 0.2) is 24.3 Å². The van der Waals surface area contributed by atoms with Gasteiger partial charge in [-0.2, -0.15) is 0 Å². The highest BCUT2D eigenvalue weighted by molar-refractivity contribution is 5.48. The Morgan fingerprint density at radius 1 is 1.16 bits per heavy atom. The molecule has 1 fully saturated rings. The van der Waals surface area contributed by atoms with Crippen molar-refractivity contribution < 1.29 is 5.11 Å². The van der Waals surface area contributed by atoms with E-state index in [4.69, 9.17) is 0 Å². The molecule has 1 aliphatic rings. The van der Waals surface area contributed by atoms with E-state index in [2.05, 4.69) is 41.4 Å². The fourth-order valence-electron chi connectivity index (χ4n) is 2.78. The molecule has 2 atom stereocenters. The number of benzene rings is 1.